The van der Waals surface area contributed by atoms with Crippen LogP contribution in [0, 0.1) is 11.8 Å². The van der Waals surface area contributed by atoms with Gasteiger partial charge in [0.15, 0.2) is 0 Å². The summed E-state index contributed by atoms with van der Waals surface area (Å²) in [6.07, 6.45) is 6.80. The summed E-state index contributed by atoms with van der Waals surface area (Å²) in [7, 11) is 0. The van der Waals surface area contributed by atoms with Gasteiger partial charge in [-0.05, 0) is 25.0 Å². The Kier molecular flexibility index (Phi) is 4.09. The van der Waals surface area contributed by atoms with Gasteiger partial charge in [0.25, 0.3) is 0 Å². The molecule has 1 aliphatic carbocycles. The Balaban J connectivity index is 1.50. The lowest BCUT2D eigenvalue weighted by Gasteiger charge is -2.14. The van der Waals surface area contributed by atoms with Crippen molar-refractivity contribution in [3.8, 4) is 0 Å². The lowest BCUT2D eigenvalue weighted by molar-refractivity contribution is -0.140. The van der Waals surface area contributed by atoms with Crippen molar-refractivity contribution in [1.82, 2.24) is 10.2 Å². The Bertz CT molecular complexity index is 580. The molecule has 0 spiro atoms. The Morgan fingerprint density at radius 3 is 2.50 bits per heavy atom. The molecule has 6 nitrogen and oxygen atoms in total. The maximum atomic E-state index is 12.2. The minimum absolute atomic E-state index is 0.116. The van der Waals surface area contributed by atoms with Crippen LogP contribution >= 0.6 is 0 Å². The molecule has 0 bridgehead atoms. The van der Waals surface area contributed by atoms with E-state index in [1.807, 2.05) is 12.2 Å². The molecule has 2 atom stereocenters. The third-order valence-electron chi connectivity index (χ3n) is 4.20. The zero-order valence-electron chi connectivity index (χ0n) is 12.2. The van der Waals surface area contributed by atoms with Gasteiger partial charge in [0, 0.05) is 13.0 Å². The Morgan fingerprint density at radius 2 is 1.91 bits per heavy atom. The van der Waals surface area contributed by atoms with E-state index in [0.717, 1.165) is 0 Å². The maximum absolute atomic E-state index is 12.2. The fourth-order valence-corrected chi connectivity index (χ4v) is 2.99. The summed E-state index contributed by atoms with van der Waals surface area (Å²) in [5, 5.41) is 2.71. The molecule has 0 aromatic carbocycles. The van der Waals surface area contributed by atoms with Crippen LogP contribution in [0.2, 0.25) is 0 Å². The van der Waals surface area contributed by atoms with E-state index in [1.165, 1.54) is 4.90 Å². The highest BCUT2D eigenvalue weighted by Gasteiger charge is 2.46. The molecule has 22 heavy (non-hydrogen) atoms. The monoisotopic (exact) mass is 302 g/mol. The molecule has 1 saturated heterocycles. The molecular formula is C16H18N2O4. The van der Waals surface area contributed by atoms with E-state index in [-0.39, 0.29) is 42.5 Å². The molecule has 0 saturated carbocycles. The van der Waals surface area contributed by atoms with Gasteiger partial charge in [-0.25, -0.2) is 0 Å². The van der Waals surface area contributed by atoms with Gasteiger partial charge in [-0.3, -0.25) is 19.3 Å². The zero-order chi connectivity index (χ0) is 15.5. The predicted molar refractivity (Wildman–Crippen MR) is 77.2 cm³/mol. The van der Waals surface area contributed by atoms with Gasteiger partial charge in [-0.2, -0.15) is 0 Å². The number of likely N-dealkylation sites (tertiary alicyclic amines) is 1. The van der Waals surface area contributed by atoms with Crippen molar-refractivity contribution in [3.63, 3.8) is 0 Å². The van der Waals surface area contributed by atoms with Crippen LogP contribution in [0.5, 0.6) is 0 Å². The molecule has 116 valence electrons. The van der Waals surface area contributed by atoms with Crippen molar-refractivity contribution < 1.29 is 18.8 Å². The zero-order valence-corrected chi connectivity index (χ0v) is 12.2. The molecular weight excluding hydrogens is 284 g/mol. The van der Waals surface area contributed by atoms with Crippen molar-refractivity contribution in [2.45, 2.75) is 25.8 Å². The molecule has 1 fully saturated rings. The second-order valence-electron chi connectivity index (χ2n) is 5.59. The lowest BCUT2D eigenvalue weighted by atomic mass is 9.85. The molecule has 1 N–H and O–H groups in total. The number of carbonyl (C=O) groups is 3. The quantitative estimate of drug-likeness (QED) is 0.655. The lowest BCUT2D eigenvalue weighted by Crippen LogP contribution is -2.35. The van der Waals surface area contributed by atoms with Gasteiger partial charge in [0.1, 0.15) is 5.76 Å². The van der Waals surface area contributed by atoms with Crippen LogP contribution in [-0.2, 0) is 20.9 Å². The largest absolute Gasteiger partial charge is 0.467 e. The number of hydrogen-bond donors (Lipinski definition) is 1. The van der Waals surface area contributed by atoms with Crippen molar-refractivity contribution in [1.29, 1.82) is 0 Å². The summed E-state index contributed by atoms with van der Waals surface area (Å²) < 4.78 is 5.12. The van der Waals surface area contributed by atoms with Gasteiger partial charge in [0.05, 0.1) is 24.6 Å². The minimum Gasteiger partial charge on any atom is -0.467 e. The minimum atomic E-state index is -0.233. The van der Waals surface area contributed by atoms with Crippen LogP contribution in [0.25, 0.3) is 0 Å². The van der Waals surface area contributed by atoms with E-state index >= 15 is 0 Å². The SMILES string of the molecule is O=C(CCN1C(=O)[C@H]2CC=CC[C@H]2C1=O)NCc1ccco1. The number of nitrogens with zero attached hydrogens (tertiary/aromatic N) is 1. The molecule has 1 aliphatic heterocycles. The van der Waals surface area contributed by atoms with Crippen LogP contribution in [-0.4, -0.2) is 29.2 Å². The van der Waals surface area contributed by atoms with Crippen molar-refractivity contribution >= 4 is 17.7 Å². The third kappa shape index (κ3) is 2.81. The molecule has 1 aromatic heterocycles. The first-order valence-electron chi connectivity index (χ1n) is 7.46. The number of furan rings is 1. The van der Waals surface area contributed by atoms with Gasteiger partial charge < -0.3 is 9.73 Å². The number of amides is 3. The van der Waals surface area contributed by atoms with Gasteiger partial charge >= 0.3 is 0 Å². The summed E-state index contributed by atoms with van der Waals surface area (Å²) in [5.41, 5.74) is 0. The number of nitrogens with one attached hydrogen (secondary N) is 1. The molecule has 0 radical (unpaired) electrons. The fraction of sp³-hybridized carbons (Fsp3) is 0.438. The molecule has 2 aliphatic rings. The van der Waals surface area contributed by atoms with E-state index in [2.05, 4.69) is 5.32 Å². The van der Waals surface area contributed by atoms with E-state index < -0.39 is 0 Å². The molecule has 6 heteroatoms. The molecule has 3 amide bonds. The van der Waals surface area contributed by atoms with Crippen LogP contribution < -0.4 is 5.32 Å². The van der Waals surface area contributed by atoms with Crippen molar-refractivity contribution in [2.75, 3.05) is 6.54 Å². The average molecular weight is 302 g/mol. The Hall–Kier alpha value is -2.37. The highest BCUT2D eigenvalue weighted by molar-refractivity contribution is 6.05. The number of hydrogen-bond acceptors (Lipinski definition) is 4. The van der Waals surface area contributed by atoms with E-state index in [0.29, 0.717) is 25.1 Å². The van der Waals surface area contributed by atoms with Crippen LogP contribution in [0.3, 0.4) is 0 Å². The highest BCUT2D eigenvalue weighted by Crippen LogP contribution is 2.34. The van der Waals surface area contributed by atoms with E-state index in [1.54, 1.807) is 18.4 Å². The first kappa shape index (κ1) is 14.6. The van der Waals surface area contributed by atoms with Crippen molar-refractivity contribution in [2.24, 2.45) is 11.8 Å². The summed E-state index contributed by atoms with van der Waals surface area (Å²) >= 11 is 0. The number of allylic oxidation sites excluding steroid dienone is 2. The highest BCUT2D eigenvalue weighted by atomic mass is 16.3. The summed E-state index contributed by atoms with van der Waals surface area (Å²) in [4.78, 5) is 37.5. The number of carbonyl (C=O) groups excluding carboxylic acids is 3. The fourth-order valence-electron chi connectivity index (χ4n) is 2.99. The Morgan fingerprint density at radius 1 is 1.23 bits per heavy atom. The maximum Gasteiger partial charge on any atom is 0.233 e. The van der Waals surface area contributed by atoms with E-state index in [4.69, 9.17) is 4.42 Å². The van der Waals surface area contributed by atoms with Gasteiger partial charge in [-0.15, -0.1) is 0 Å². The topological polar surface area (TPSA) is 79.6 Å². The van der Waals surface area contributed by atoms with Gasteiger partial charge in [-0.1, -0.05) is 12.2 Å². The van der Waals surface area contributed by atoms with Crippen molar-refractivity contribution in [3.05, 3.63) is 36.3 Å². The number of fused-ring (bicyclic) bond motifs is 1. The molecule has 3 rings (SSSR count). The van der Waals surface area contributed by atoms with E-state index in [9.17, 15) is 14.4 Å². The molecule has 2 heterocycles. The van der Waals surface area contributed by atoms with Crippen LogP contribution in [0.1, 0.15) is 25.0 Å². The number of imide groups is 1. The first-order chi connectivity index (χ1) is 10.7. The second kappa shape index (κ2) is 6.17. The van der Waals surface area contributed by atoms with Gasteiger partial charge in [0.2, 0.25) is 17.7 Å². The smallest absolute Gasteiger partial charge is 0.233 e. The second-order valence-corrected chi connectivity index (χ2v) is 5.59. The van der Waals surface area contributed by atoms with Crippen LogP contribution in [0.4, 0.5) is 0 Å². The summed E-state index contributed by atoms with van der Waals surface area (Å²) in [6.45, 7) is 0.456. The summed E-state index contributed by atoms with van der Waals surface area (Å²) in [5.74, 6) is -0.285. The number of rotatable bonds is 5. The average Bonchev–Trinajstić information content (AvgIpc) is 3.13. The standard InChI is InChI=1S/C16H18N2O4/c19-14(17-10-11-4-3-9-22-11)7-8-18-15(20)12-5-1-2-6-13(12)16(18)21/h1-4,9,12-13H,5-8,10H2,(H,17,19)/t12-,13+. The Labute approximate surface area is 128 Å². The molecule has 0 unspecified atom stereocenters. The first-order valence-corrected chi connectivity index (χ1v) is 7.46. The van der Waals surface area contributed by atoms with Crippen LogP contribution in [0.15, 0.2) is 35.0 Å². The third-order valence-corrected chi connectivity index (χ3v) is 4.20. The normalized spacial score (nSPS) is 23.7. The predicted octanol–water partition coefficient (Wildman–Crippen LogP) is 1.24. The summed E-state index contributed by atoms with van der Waals surface area (Å²) in [6, 6.07) is 3.52. The molecule has 1 aromatic rings.